The van der Waals surface area contributed by atoms with Gasteiger partial charge in [0.15, 0.2) is 0 Å². The van der Waals surface area contributed by atoms with E-state index in [0.717, 1.165) is 12.8 Å². The van der Waals surface area contributed by atoms with Gasteiger partial charge in [-0.15, -0.1) is 0 Å². The van der Waals surface area contributed by atoms with E-state index in [1.807, 2.05) is 0 Å². The summed E-state index contributed by atoms with van der Waals surface area (Å²) in [7, 11) is 0. The Balaban J connectivity index is 2.64. The van der Waals surface area contributed by atoms with E-state index in [0.29, 0.717) is 12.8 Å². The van der Waals surface area contributed by atoms with Crippen molar-refractivity contribution in [3.05, 3.63) is 0 Å². The summed E-state index contributed by atoms with van der Waals surface area (Å²) in [4.78, 5) is 11.8. The van der Waals surface area contributed by atoms with Crippen molar-refractivity contribution in [3.63, 3.8) is 0 Å². The second kappa shape index (κ2) is 4.83. The van der Waals surface area contributed by atoms with Crippen LogP contribution >= 0.6 is 12.2 Å². The molecule has 0 unspecified atom stereocenters. The van der Waals surface area contributed by atoms with Crippen molar-refractivity contribution in [2.45, 2.75) is 32.1 Å². The van der Waals surface area contributed by atoms with Crippen LogP contribution in [0.1, 0.15) is 25.7 Å². The normalized spacial score (nSPS) is 19.1. The molecule has 1 aliphatic rings. The molecule has 0 aromatic rings. The van der Waals surface area contributed by atoms with Crippen LogP contribution in [0.3, 0.4) is 0 Å². The van der Waals surface area contributed by atoms with Crippen LogP contribution in [0, 0.1) is 5.41 Å². The van der Waals surface area contributed by atoms with Gasteiger partial charge in [0.05, 0.1) is 16.9 Å². The molecule has 86 valence electrons. The Bertz CT molecular complexity index is 265. The van der Waals surface area contributed by atoms with Crippen LogP contribution in [0.25, 0.3) is 0 Å². The van der Waals surface area contributed by atoms with Gasteiger partial charge in [-0.1, -0.05) is 25.1 Å². The molecule has 1 fully saturated rings. The third kappa shape index (κ3) is 2.62. The Labute approximate surface area is 92.4 Å². The second-order valence-corrected chi connectivity index (χ2v) is 4.19. The number of halogens is 2. The summed E-state index contributed by atoms with van der Waals surface area (Å²) in [6.45, 7) is -0.636. The first-order valence-corrected chi connectivity index (χ1v) is 5.26. The summed E-state index contributed by atoms with van der Waals surface area (Å²) in [6.07, 6.45) is 0.312. The summed E-state index contributed by atoms with van der Waals surface area (Å²) in [5.74, 6) is -0.451. The van der Waals surface area contributed by atoms with Crippen LogP contribution in [0.5, 0.6) is 0 Å². The van der Waals surface area contributed by atoms with Crippen molar-refractivity contribution in [1.29, 1.82) is 0 Å². The van der Waals surface area contributed by atoms with Gasteiger partial charge in [0.2, 0.25) is 5.91 Å². The Morgan fingerprint density at radius 1 is 1.47 bits per heavy atom. The molecule has 1 aliphatic carbocycles. The van der Waals surface area contributed by atoms with E-state index in [1.165, 1.54) is 0 Å². The molecule has 0 spiro atoms. The summed E-state index contributed by atoms with van der Waals surface area (Å²) in [5.41, 5.74) is 4.64. The van der Waals surface area contributed by atoms with E-state index in [2.05, 4.69) is 5.32 Å². The topological polar surface area (TPSA) is 55.1 Å². The van der Waals surface area contributed by atoms with E-state index in [-0.39, 0.29) is 4.99 Å². The Hall–Kier alpha value is -0.780. The number of nitrogens with one attached hydrogen (secondary N) is 1. The molecule has 0 heterocycles. The van der Waals surface area contributed by atoms with E-state index in [9.17, 15) is 13.6 Å². The number of nitrogens with two attached hydrogens (primary N) is 1. The van der Waals surface area contributed by atoms with Gasteiger partial charge in [-0.3, -0.25) is 4.79 Å². The van der Waals surface area contributed by atoms with Crippen molar-refractivity contribution in [1.82, 2.24) is 5.32 Å². The first kappa shape index (κ1) is 12.3. The highest BCUT2D eigenvalue weighted by molar-refractivity contribution is 7.80. The molecule has 0 radical (unpaired) electrons. The average molecular weight is 236 g/mol. The number of thiocarbonyl (C=S) groups is 1. The van der Waals surface area contributed by atoms with Crippen molar-refractivity contribution in [2.24, 2.45) is 11.1 Å². The molecule has 0 aliphatic heterocycles. The van der Waals surface area contributed by atoms with Gasteiger partial charge in [-0.05, 0) is 12.8 Å². The Morgan fingerprint density at radius 3 is 2.40 bits per heavy atom. The molecule has 1 amide bonds. The van der Waals surface area contributed by atoms with E-state index in [4.69, 9.17) is 18.0 Å². The van der Waals surface area contributed by atoms with Crippen LogP contribution in [0.15, 0.2) is 0 Å². The molecule has 1 saturated carbocycles. The number of hydrogen-bond acceptors (Lipinski definition) is 2. The SMILES string of the molecule is NC(=S)C1(C(=O)NCC(F)F)CCCC1. The van der Waals surface area contributed by atoms with Crippen LogP contribution < -0.4 is 11.1 Å². The summed E-state index contributed by atoms with van der Waals surface area (Å²) in [5, 5.41) is 2.19. The van der Waals surface area contributed by atoms with E-state index >= 15 is 0 Å². The fraction of sp³-hybridized carbons (Fsp3) is 0.778. The largest absolute Gasteiger partial charge is 0.392 e. The lowest BCUT2D eigenvalue weighted by molar-refractivity contribution is -0.127. The van der Waals surface area contributed by atoms with Crippen molar-refractivity contribution < 1.29 is 13.6 Å². The molecule has 15 heavy (non-hydrogen) atoms. The first-order chi connectivity index (χ1) is 6.99. The van der Waals surface area contributed by atoms with Crippen LogP contribution in [-0.2, 0) is 4.79 Å². The predicted molar refractivity (Wildman–Crippen MR) is 56.7 cm³/mol. The molecular weight excluding hydrogens is 222 g/mol. The van der Waals surface area contributed by atoms with Gasteiger partial charge >= 0.3 is 0 Å². The molecule has 0 aromatic carbocycles. The Kier molecular flexibility index (Phi) is 3.96. The van der Waals surface area contributed by atoms with Gasteiger partial charge in [0.25, 0.3) is 6.43 Å². The van der Waals surface area contributed by atoms with Gasteiger partial charge in [0, 0.05) is 0 Å². The maximum Gasteiger partial charge on any atom is 0.255 e. The minimum Gasteiger partial charge on any atom is -0.392 e. The number of rotatable bonds is 4. The molecule has 0 saturated heterocycles. The molecule has 0 atom stereocenters. The lowest BCUT2D eigenvalue weighted by atomic mass is 9.85. The van der Waals surface area contributed by atoms with Crippen molar-refractivity contribution in [3.8, 4) is 0 Å². The van der Waals surface area contributed by atoms with E-state index in [1.54, 1.807) is 0 Å². The molecule has 3 N–H and O–H groups in total. The van der Waals surface area contributed by atoms with Gasteiger partial charge in [-0.2, -0.15) is 0 Å². The van der Waals surface area contributed by atoms with Crippen molar-refractivity contribution >= 4 is 23.1 Å². The highest BCUT2D eigenvalue weighted by Gasteiger charge is 2.43. The number of carbonyl (C=O) groups is 1. The summed E-state index contributed by atoms with van der Waals surface area (Å²) in [6, 6.07) is 0. The van der Waals surface area contributed by atoms with Crippen LogP contribution in [0.2, 0.25) is 0 Å². The number of alkyl halides is 2. The molecule has 0 bridgehead atoms. The number of amides is 1. The third-order valence-corrected chi connectivity index (χ3v) is 3.17. The fourth-order valence-corrected chi connectivity index (χ4v) is 2.20. The highest BCUT2D eigenvalue weighted by Crippen LogP contribution is 2.38. The van der Waals surface area contributed by atoms with Crippen LogP contribution in [0.4, 0.5) is 8.78 Å². The summed E-state index contributed by atoms with van der Waals surface area (Å²) < 4.78 is 23.9. The predicted octanol–water partition coefficient (Wildman–Crippen LogP) is 1.21. The molecule has 3 nitrogen and oxygen atoms in total. The lowest BCUT2D eigenvalue weighted by Gasteiger charge is -2.26. The first-order valence-electron chi connectivity index (χ1n) is 4.85. The lowest BCUT2D eigenvalue weighted by Crippen LogP contribution is -2.48. The molecular formula is C9H14F2N2OS. The number of carbonyl (C=O) groups excluding carboxylic acids is 1. The highest BCUT2D eigenvalue weighted by atomic mass is 32.1. The zero-order chi connectivity index (χ0) is 11.5. The summed E-state index contributed by atoms with van der Waals surface area (Å²) >= 11 is 4.85. The van der Waals surface area contributed by atoms with Gasteiger partial charge in [-0.25, -0.2) is 8.78 Å². The Morgan fingerprint density at radius 2 is 2.00 bits per heavy atom. The fourth-order valence-electron chi connectivity index (χ4n) is 1.90. The minimum absolute atomic E-state index is 0.117. The monoisotopic (exact) mass is 236 g/mol. The minimum atomic E-state index is -2.54. The molecule has 0 aromatic heterocycles. The molecule has 1 rings (SSSR count). The zero-order valence-electron chi connectivity index (χ0n) is 8.26. The van der Waals surface area contributed by atoms with Crippen LogP contribution in [-0.4, -0.2) is 23.9 Å². The van der Waals surface area contributed by atoms with E-state index < -0.39 is 24.3 Å². The average Bonchev–Trinajstić information content (AvgIpc) is 2.63. The van der Waals surface area contributed by atoms with Gasteiger partial charge in [0.1, 0.15) is 0 Å². The quantitative estimate of drug-likeness (QED) is 0.721. The maximum absolute atomic E-state index is 11.9. The number of hydrogen-bond donors (Lipinski definition) is 2. The smallest absolute Gasteiger partial charge is 0.255 e. The standard InChI is InChI=1S/C9H14F2N2OS/c10-6(11)5-13-8(14)9(7(12)15)3-1-2-4-9/h6H,1-5H2,(H2,12,15)(H,13,14). The zero-order valence-corrected chi connectivity index (χ0v) is 9.08. The third-order valence-electron chi connectivity index (χ3n) is 2.78. The van der Waals surface area contributed by atoms with Crippen molar-refractivity contribution in [2.75, 3.05) is 6.54 Å². The maximum atomic E-state index is 11.9. The molecule has 6 heteroatoms. The second-order valence-electron chi connectivity index (χ2n) is 3.75. The van der Waals surface area contributed by atoms with Gasteiger partial charge < -0.3 is 11.1 Å².